The highest BCUT2D eigenvalue weighted by Gasteiger charge is 2.05. The van der Waals surface area contributed by atoms with E-state index >= 15 is 0 Å². The second kappa shape index (κ2) is 7.19. The monoisotopic (exact) mass is 283 g/mol. The van der Waals surface area contributed by atoms with Gasteiger partial charge in [0.15, 0.2) is 0 Å². The topological polar surface area (TPSA) is 76.7 Å². The third-order valence-electron chi connectivity index (χ3n) is 1.94. The van der Waals surface area contributed by atoms with Crippen molar-refractivity contribution in [3.63, 3.8) is 0 Å². The van der Waals surface area contributed by atoms with Crippen LogP contribution in [0.25, 0.3) is 0 Å². The van der Waals surface area contributed by atoms with E-state index < -0.39 is 0 Å². The zero-order valence-electron chi connectivity index (χ0n) is 8.46. The number of nitrogens with one attached hydrogen (secondary N) is 1. The minimum Gasteiger partial charge on any atom is -0.328 e. The normalized spacial score (nSPS) is 16.5. The minimum atomic E-state index is 0.000000000000000444. The molecule has 0 atom stereocenters. The van der Waals surface area contributed by atoms with Gasteiger partial charge < -0.3 is 11.1 Å². The van der Waals surface area contributed by atoms with E-state index in [0.29, 0.717) is 6.04 Å². The Morgan fingerprint density at radius 1 is 0.938 bits per heavy atom. The van der Waals surface area contributed by atoms with Crippen LogP contribution in [0.5, 0.6) is 0 Å². The number of halogens is 3. The first-order valence-electron chi connectivity index (χ1n) is 4.77. The first-order valence-corrected chi connectivity index (χ1v) is 5.90. The molecular formula is C8H12Cl3N5. The van der Waals surface area contributed by atoms with Crippen LogP contribution in [-0.2, 0) is 0 Å². The maximum Gasteiger partial charge on any atom is 0.227 e. The lowest BCUT2D eigenvalue weighted by atomic mass is 10.1. The molecule has 5 nitrogen and oxygen atoms in total. The fourth-order valence-corrected chi connectivity index (χ4v) is 1.76. The van der Waals surface area contributed by atoms with Crippen molar-refractivity contribution in [3.05, 3.63) is 15.9 Å². The molecule has 3 N–H and O–H groups in total. The van der Waals surface area contributed by atoms with E-state index in [4.69, 9.17) is 40.5 Å². The smallest absolute Gasteiger partial charge is 0.227 e. The second-order valence-electron chi connectivity index (χ2n) is 3.23. The first-order chi connectivity index (χ1) is 7.58. The molecule has 1 aromatic rings. The number of hydrogen-bond donors (Lipinski definition) is 2. The van der Waals surface area contributed by atoms with Crippen LogP contribution in [0.15, 0.2) is 0 Å². The predicted octanol–water partition coefficient (Wildman–Crippen LogP) is 1.53. The Morgan fingerprint density at radius 2 is 1.31 bits per heavy atom. The van der Waals surface area contributed by atoms with E-state index in [1.54, 1.807) is 0 Å². The molecule has 2 rings (SSSR count). The average Bonchev–Trinajstić information content (AvgIpc) is 2.17. The Hall–Kier alpha value is -0.200. The van der Waals surface area contributed by atoms with Gasteiger partial charge in [0, 0.05) is 6.04 Å². The Bertz CT molecular complexity index is 279. The summed E-state index contributed by atoms with van der Waals surface area (Å²) >= 11 is 16.0. The molecule has 1 aliphatic heterocycles. The molecule has 1 fully saturated rings. The molecule has 0 saturated carbocycles. The molecule has 0 aromatic carbocycles. The molecule has 0 bridgehead atoms. The molecule has 0 amide bonds. The van der Waals surface area contributed by atoms with Gasteiger partial charge in [0.25, 0.3) is 0 Å². The number of nitrogens with zero attached hydrogens (tertiary/aromatic N) is 3. The van der Waals surface area contributed by atoms with Crippen LogP contribution >= 0.6 is 34.8 Å². The van der Waals surface area contributed by atoms with Crippen molar-refractivity contribution in [2.75, 3.05) is 13.1 Å². The van der Waals surface area contributed by atoms with Crippen molar-refractivity contribution in [1.82, 2.24) is 20.3 Å². The van der Waals surface area contributed by atoms with Crippen LogP contribution in [0.4, 0.5) is 0 Å². The Balaban J connectivity index is 0.000000165. The highest BCUT2D eigenvalue weighted by atomic mass is 35.5. The highest BCUT2D eigenvalue weighted by Crippen LogP contribution is 2.08. The van der Waals surface area contributed by atoms with Crippen LogP contribution in [0, 0.1) is 0 Å². The van der Waals surface area contributed by atoms with E-state index in [-0.39, 0.29) is 15.9 Å². The second-order valence-corrected chi connectivity index (χ2v) is 4.24. The van der Waals surface area contributed by atoms with E-state index in [0.717, 1.165) is 25.9 Å². The molecule has 1 aliphatic rings. The summed E-state index contributed by atoms with van der Waals surface area (Å²) in [7, 11) is 0. The molecule has 90 valence electrons. The van der Waals surface area contributed by atoms with Crippen molar-refractivity contribution in [2.24, 2.45) is 5.73 Å². The Morgan fingerprint density at radius 3 is 1.56 bits per heavy atom. The molecule has 1 aromatic heterocycles. The summed E-state index contributed by atoms with van der Waals surface area (Å²) in [6.45, 7) is 2.22. The number of hydrogen-bond acceptors (Lipinski definition) is 5. The van der Waals surface area contributed by atoms with Crippen molar-refractivity contribution in [2.45, 2.75) is 18.9 Å². The third kappa shape index (κ3) is 5.77. The fourth-order valence-electron chi connectivity index (χ4n) is 1.15. The average molecular weight is 285 g/mol. The summed E-state index contributed by atoms with van der Waals surface area (Å²) in [5.74, 6) is 0. The molecular weight excluding hydrogens is 272 g/mol. The Labute approximate surface area is 109 Å². The fraction of sp³-hybridized carbons (Fsp3) is 0.625. The molecule has 0 aliphatic carbocycles. The number of rotatable bonds is 0. The summed E-state index contributed by atoms with van der Waals surface area (Å²) in [5.41, 5.74) is 5.59. The van der Waals surface area contributed by atoms with Crippen molar-refractivity contribution >= 4 is 34.8 Å². The maximum absolute atomic E-state index is 5.59. The van der Waals surface area contributed by atoms with Gasteiger partial charge in [-0.25, -0.2) is 0 Å². The standard InChI is InChI=1S/C5H12N2.C3Cl3N3/c6-5-1-3-7-4-2-5;4-1-7-2(5)9-3(6)8-1/h5,7H,1-4,6H2;. The third-order valence-corrected chi connectivity index (χ3v) is 2.44. The number of aromatic nitrogens is 3. The summed E-state index contributed by atoms with van der Waals surface area (Å²) in [6, 6.07) is 0.473. The van der Waals surface area contributed by atoms with Gasteiger partial charge in [-0.3, -0.25) is 0 Å². The quantitative estimate of drug-likeness (QED) is 0.755. The number of nitrogens with two attached hydrogens (primary N) is 1. The molecule has 1 saturated heterocycles. The molecule has 0 radical (unpaired) electrons. The van der Waals surface area contributed by atoms with E-state index in [2.05, 4.69) is 20.3 Å². The van der Waals surface area contributed by atoms with Gasteiger partial charge in [0.05, 0.1) is 0 Å². The van der Waals surface area contributed by atoms with Gasteiger partial charge in [-0.1, -0.05) is 0 Å². The van der Waals surface area contributed by atoms with Crippen LogP contribution in [-0.4, -0.2) is 34.1 Å². The lowest BCUT2D eigenvalue weighted by Gasteiger charge is -2.17. The van der Waals surface area contributed by atoms with Gasteiger partial charge >= 0.3 is 0 Å². The predicted molar refractivity (Wildman–Crippen MR) is 64.9 cm³/mol. The molecule has 0 spiro atoms. The molecule has 0 unspecified atom stereocenters. The van der Waals surface area contributed by atoms with Crippen LogP contribution in [0.1, 0.15) is 12.8 Å². The lowest BCUT2D eigenvalue weighted by Crippen LogP contribution is -2.35. The van der Waals surface area contributed by atoms with Crippen LogP contribution in [0.3, 0.4) is 0 Å². The zero-order chi connectivity index (χ0) is 12.0. The lowest BCUT2D eigenvalue weighted by molar-refractivity contribution is 0.458. The zero-order valence-corrected chi connectivity index (χ0v) is 10.7. The highest BCUT2D eigenvalue weighted by molar-refractivity contribution is 6.33. The van der Waals surface area contributed by atoms with Gasteiger partial charge in [0.2, 0.25) is 15.9 Å². The van der Waals surface area contributed by atoms with Gasteiger partial charge in [-0.2, -0.15) is 15.0 Å². The van der Waals surface area contributed by atoms with Crippen LogP contribution in [0.2, 0.25) is 15.9 Å². The van der Waals surface area contributed by atoms with E-state index in [1.807, 2.05) is 0 Å². The van der Waals surface area contributed by atoms with Crippen molar-refractivity contribution in [1.29, 1.82) is 0 Å². The van der Waals surface area contributed by atoms with Gasteiger partial charge in [0.1, 0.15) is 0 Å². The first kappa shape index (κ1) is 13.9. The van der Waals surface area contributed by atoms with Gasteiger partial charge in [-0.15, -0.1) is 0 Å². The summed E-state index contributed by atoms with van der Waals surface area (Å²) in [4.78, 5) is 10.4. The summed E-state index contributed by atoms with van der Waals surface area (Å²) < 4.78 is 0. The van der Waals surface area contributed by atoms with Gasteiger partial charge in [-0.05, 0) is 60.7 Å². The Kier molecular flexibility index (Phi) is 6.23. The maximum atomic E-state index is 5.59. The van der Waals surface area contributed by atoms with Crippen LogP contribution < -0.4 is 11.1 Å². The SMILES string of the molecule is Clc1nc(Cl)nc(Cl)n1.NC1CCNCC1. The van der Waals surface area contributed by atoms with Crippen molar-refractivity contribution in [3.8, 4) is 0 Å². The summed E-state index contributed by atoms with van der Waals surface area (Å²) in [6.07, 6.45) is 2.31. The van der Waals surface area contributed by atoms with E-state index in [9.17, 15) is 0 Å². The van der Waals surface area contributed by atoms with E-state index in [1.165, 1.54) is 0 Å². The molecule has 2 heterocycles. The van der Waals surface area contributed by atoms with Crippen molar-refractivity contribution < 1.29 is 0 Å². The largest absolute Gasteiger partial charge is 0.328 e. The number of piperidine rings is 1. The molecule has 16 heavy (non-hydrogen) atoms. The summed E-state index contributed by atoms with van der Waals surface area (Å²) in [5, 5.41) is 3.24. The molecule has 8 heteroatoms. The minimum absolute atomic E-state index is 0.000000000000000444.